The van der Waals surface area contributed by atoms with Crippen molar-refractivity contribution < 1.29 is 19.0 Å². The molecule has 0 unspecified atom stereocenters. The van der Waals surface area contributed by atoms with E-state index >= 15 is 0 Å². The quantitative estimate of drug-likeness (QED) is 0.281. The van der Waals surface area contributed by atoms with Gasteiger partial charge in [0.25, 0.3) is 0 Å². The van der Waals surface area contributed by atoms with E-state index in [1.54, 1.807) is 19.3 Å². The zero-order valence-corrected chi connectivity index (χ0v) is 18.4. The molecule has 3 rings (SSSR count). The Morgan fingerprint density at radius 3 is 2.38 bits per heavy atom. The molecule has 0 bridgehead atoms. The smallest absolute Gasteiger partial charge is 0.250 e. The highest BCUT2D eigenvalue weighted by atomic mass is 32.1. The van der Waals surface area contributed by atoms with Gasteiger partial charge in [0.1, 0.15) is 30.5 Å². The lowest BCUT2D eigenvalue weighted by atomic mass is 10.2. The monoisotopic (exact) mass is 448 g/mol. The second-order valence-corrected chi connectivity index (χ2v) is 6.96. The fourth-order valence-corrected chi connectivity index (χ4v) is 3.00. The molecule has 7 heteroatoms. The Bertz CT molecular complexity index is 1070. The summed E-state index contributed by atoms with van der Waals surface area (Å²) >= 11 is 5.23. The minimum atomic E-state index is -0.348. The number of anilines is 1. The molecule has 6 nitrogen and oxygen atoms in total. The number of methoxy groups -OCH3 is 1. The van der Waals surface area contributed by atoms with Crippen LogP contribution in [0.5, 0.6) is 17.2 Å². The van der Waals surface area contributed by atoms with Crippen molar-refractivity contribution >= 4 is 35.0 Å². The van der Waals surface area contributed by atoms with Gasteiger partial charge < -0.3 is 19.5 Å². The Labute approximate surface area is 192 Å². The van der Waals surface area contributed by atoms with Gasteiger partial charge in [0, 0.05) is 23.4 Å². The number of nitrogens with one attached hydrogen (secondary N) is 2. The fraction of sp³-hybridized carbons (Fsp3) is 0.120. The minimum absolute atomic E-state index is 0.184. The summed E-state index contributed by atoms with van der Waals surface area (Å²) in [5.74, 6) is 1.80. The van der Waals surface area contributed by atoms with Gasteiger partial charge in [0.15, 0.2) is 5.11 Å². The summed E-state index contributed by atoms with van der Waals surface area (Å²) in [5, 5.41) is 5.78. The lowest BCUT2D eigenvalue weighted by molar-refractivity contribution is -0.115. The van der Waals surface area contributed by atoms with E-state index in [2.05, 4.69) is 10.6 Å². The van der Waals surface area contributed by atoms with Crippen LogP contribution in [0.4, 0.5) is 5.69 Å². The van der Waals surface area contributed by atoms with E-state index in [-0.39, 0.29) is 11.0 Å². The first kappa shape index (κ1) is 22.8. The van der Waals surface area contributed by atoms with E-state index in [9.17, 15) is 4.79 Å². The number of para-hydroxylation sites is 2. The number of carbonyl (C=O) groups is 1. The molecule has 164 valence electrons. The van der Waals surface area contributed by atoms with Crippen molar-refractivity contribution in [1.82, 2.24) is 5.32 Å². The largest absolute Gasteiger partial charge is 0.496 e. The Kier molecular flexibility index (Phi) is 8.65. The van der Waals surface area contributed by atoms with Gasteiger partial charge in [-0.15, -0.1) is 0 Å². The van der Waals surface area contributed by atoms with Gasteiger partial charge in [0.05, 0.1) is 7.11 Å². The van der Waals surface area contributed by atoms with Crippen LogP contribution in [0.25, 0.3) is 6.08 Å². The van der Waals surface area contributed by atoms with Crippen LogP contribution in [0.3, 0.4) is 0 Å². The van der Waals surface area contributed by atoms with Crippen LogP contribution in [-0.4, -0.2) is 31.3 Å². The van der Waals surface area contributed by atoms with Crippen LogP contribution in [0, 0.1) is 0 Å². The average Bonchev–Trinajstić information content (AvgIpc) is 2.81. The minimum Gasteiger partial charge on any atom is -0.496 e. The number of thiocarbonyl (C=S) groups is 1. The van der Waals surface area contributed by atoms with Crippen molar-refractivity contribution in [3.8, 4) is 17.2 Å². The summed E-state index contributed by atoms with van der Waals surface area (Å²) in [6.07, 6.45) is 3.07. The van der Waals surface area contributed by atoms with Crippen LogP contribution in [0.15, 0.2) is 84.9 Å². The van der Waals surface area contributed by atoms with Gasteiger partial charge in [-0.2, -0.15) is 0 Å². The van der Waals surface area contributed by atoms with Crippen LogP contribution >= 0.6 is 12.2 Å². The van der Waals surface area contributed by atoms with Crippen molar-refractivity contribution in [3.05, 3.63) is 90.5 Å². The van der Waals surface area contributed by atoms with Gasteiger partial charge in [-0.3, -0.25) is 10.1 Å². The van der Waals surface area contributed by atoms with Gasteiger partial charge in [-0.05, 0) is 48.6 Å². The Morgan fingerprint density at radius 1 is 0.906 bits per heavy atom. The van der Waals surface area contributed by atoms with Crippen molar-refractivity contribution in [2.24, 2.45) is 0 Å². The van der Waals surface area contributed by atoms with Crippen LogP contribution < -0.4 is 24.8 Å². The number of ether oxygens (including phenoxy) is 3. The summed E-state index contributed by atoms with van der Waals surface area (Å²) in [5.41, 5.74) is 1.50. The zero-order chi connectivity index (χ0) is 22.6. The van der Waals surface area contributed by atoms with E-state index in [1.165, 1.54) is 6.08 Å². The molecule has 0 atom stereocenters. The molecular formula is C25H24N2O4S. The maximum atomic E-state index is 12.2. The third-order valence-corrected chi connectivity index (χ3v) is 4.45. The average molecular weight is 449 g/mol. The first-order valence-electron chi connectivity index (χ1n) is 9.98. The second kappa shape index (κ2) is 12.1. The summed E-state index contributed by atoms with van der Waals surface area (Å²) in [4.78, 5) is 12.2. The molecule has 0 fully saturated rings. The number of hydrogen-bond acceptors (Lipinski definition) is 5. The maximum Gasteiger partial charge on any atom is 0.250 e. The number of benzene rings is 3. The molecule has 0 saturated heterocycles. The predicted molar refractivity (Wildman–Crippen MR) is 130 cm³/mol. The molecule has 0 saturated carbocycles. The first-order chi connectivity index (χ1) is 15.6. The van der Waals surface area contributed by atoms with E-state index in [0.717, 1.165) is 11.3 Å². The number of carbonyl (C=O) groups excluding carboxylic acids is 1. The zero-order valence-electron chi connectivity index (χ0n) is 17.6. The van der Waals surface area contributed by atoms with Crippen LogP contribution in [0.1, 0.15) is 5.56 Å². The highest BCUT2D eigenvalue weighted by molar-refractivity contribution is 7.80. The van der Waals surface area contributed by atoms with E-state index < -0.39 is 0 Å². The maximum absolute atomic E-state index is 12.2. The van der Waals surface area contributed by atoms with Crippen molar-refractivity contribution in [1.29, 1.82) is 0 Å². The molecule has 0 heterocycles. The number of hydrogen-bond donors (Lipinski definition) is 2. The molecule has 0 aromatic heterocycles. The predicted octanol–water partition coefficient (Wildman–Crippen LogP) is 4.68. The Hall–Kier alpha value is -3.84. The third kappa shape index (κ3) is 7.45. The topological polar surface area (TPSA) is 68.8 Å². The number of amides is 1. The molecule has 0 aliphatic heterocycles. The summed E-state index contributed by atoms with van der Waals surface area (Å²) < 4.78 is 16.6. The molecule has 3 aromatic rings. The molecule has 32 heavy (non-hydrogen) atoms. The Morgan fingerprint density at radius 2 is 1.59 bits per heavy atom. The van der Waals surface area contributed by atoms with Gasteiger partial charge in [-0.1, -0.05) is 42.5 Å². The molecule has 0 spiro atoms. The summed E-state index contributed by atoms with van der Waals surface area (Å²) in [6.45, 7) is 0.821. The molecule has 3 aromatic carbocycles. The molecule has 0 aliphatic carbocycles. The van der Waals surface area contributed by atoms with Crippen molar-refractivity contribution in [2.45, 2.75) is 0 Å². The molecule has 1 amide bonds. The molecular weight excluding hydrogens is 424 g/mol. The van der Waals surface area contributed by atoms with E-state index in [4.69, 9.17) is 26.4 Å². The van der Waals surface area contributed by atoms with Gasteiger partial charge in [-0.25, -0.2) is 0 Å². The molecule has 0 radical (unpaired) electrons. The lowest BCUT2D eigenvalue weighted by Gasteiger charge is -2.11. The highest BCUT2D eigenvalue weighted by Crippen LogP contribution is 2.19. The summed E-state index contributed by atoms with van der Waals surface area (Å²) in [7, 11) is 1.58. The van der Waals surface area contributed by atoms with Crippen LogP contribution in [0.2, 0.25) is 0 Å². The third-order valence-electron chi connectivity index (χ3n) is 4.25. The lowest BCUT2D eigenvalue weighted by Crippen LogP contribution is -2.32. The Balaban J connectivity index is 1.45. The fourth-order valence-electron chi connectivity index (χ4n) is 2.78. The highest BCUT2D eigenvalue weighted by Gasteiger charge is 2.04. The second-order valence-electron chi connectivity index (χ2n) is 6.56. The van der Waals surface area contributed by atoms with E-state index in [0.29, 0.717) is 30.4 Å². The molecule has 0 aliphatic rings. The van der Waals surface area contributed by atoms with Crippen LogP contribution in [-0.2, 0) is 4.79 Å². The SMILES string of the molecule is COc1ccccc1/C=C/C(=O)NC(=S)Nc1cccc(OCCOc2ccccc2)c1. The van der Waals surface area contributed by atoms with Crippen molar-refractivity contribution in [3.63, 3.8) is 0 Å². The standard InChI is InChI=1S/C25H24N2O4S/c1-29-23-13-6-5-8-19(23)14-15-24(28)27-25(32)26-20-9-7-12-22(18-20)31-17-16-30-21-10-3-2-4-11-21/h2-15,18H,16-17H2,1H3,(H2,26,27,28,32)/b15-14+. The van der Waals surface area contributed by atoms with Gasteiger partial charge in [0.2, 0.25) is 5.91 Å². The molecule has 2 N–H and O–H groups in total. The van der Waals surface area contributed by atoms with Gasteiger partial charge >= 0.3 is 0 Å². The number of rotatable bonds is 9. The summed E-state index contributed by atoms with van der Waals surface area (Å²) in [6, 6.07) is 24.3. The first-order valence-corrected chi connectivity index (χ1v) is 10.4. The normalized spacial score (nSPS) is 10.4. The van der Waals surface area contributed by atoms with Crippen molar-refractivity contribution in [2.75, 3.05) is 25.6 Å². The van der Waals surface area contributed by atoms with E-state index in [1.807, 2.05) is 72.8 Å².